The van der Waals surface area contributed by atoms with Crippen molar-refractivity contribution in [3.8, 4) is 5.75 Å². The van der Waals surface area contributed by atoms with Crippen molar-refractivity contribution in [1.29, 1.82) is 0 Å². The van der Waals surface area contributed by atoms with Gasteiger partial charge in [0.15, 0.2) is 0 Å². The summed E-state index contributed by atoms with van der Waals surface area (Å²) < 4.78 is 5.67. The molecule has 9 heteroatoms. The maximum atomic E-state index is 12.4. The van der Waals surface area contributed by atoms with Crippen molar-refractivity contribution in [3.63, 3.8) is 0 Å². The minimum absolute atomic E-state index is 0.00886. The van der Waals surface area contributed by atoms with E-state index in [2.05, 4.69) is 0 Å². The van der Waals surface area contributed by atoms with Gasteiger partial charge < -0.3 is 4.74 Å². The molecule has 0 N–H and O–H groups in total. The predicted molar refractivity (Wildman–Crippen MR) is 116 cm³/mol. The number of nitrogens with zero attached hydrogens (tertiary/aromatic N) is 2. The lowest BCUT2D eigenvalue weighted by Crippen LogP contribution is -2.29. The first-order valence-electron chi connectivity index (χ1n) is 9.30. The summed E-state index contributed by atoms with van der Waals surface area (Å²) in [6, 6.07) is 11.2. The molecule has 0 atom stereocenters. The largest absolute Gasteiger partial charge is 0.487 e. The van der Waals surface area contributed by atoms with Crippen molar-refractivity contribution in [2.45, 2.75) is 26.4 Å². The normalized spacial score (nSPS) is 15.1. The van der Waals surface area contributed by atoms with Crippen LogP contribution in [0.3, 0.4) is 0 Å². The molecule has 156 valence electrons. The Morgan fingerprint density at radius 2 is 2.03 bits per heavy atom. The van der Waals surface area contributed by atoms with Gasteiger partial charge in [-0.2, -0.15) is 0 Å². The van der Waals surface area contributed by atoms with Crippen molar-refractivity contribution < 1.29 is 19.2 Å². The molecule has 2 aromatic rings. The Morgan fingerprint density at radius 3 is 2.73 bits per heavy atom. The van der Waals surface area contributed by atoms with Gasteiger partial charge in [0, 0.05) is 18.7 Å². The SMILES string of the molecule is CCCCN1C(=O)SC(=Cc2ccc(OCc3cccc([N+](=O)[O-])c3)c(Cl)c2)C1=O. The number of nitro groups is 1. The molecule has 1 saturated heterocycles. The van der Waals surface area contributed by atoms with Crippen LogP contribution in [0.1, 0.15) is 30.9 Å². The zero-order valence-electron chi connectivity index (χ0n) is 16.2. The average Bonchev–Trinajstić information content (AvgIpc) is 2.98. The summed E-state index contributed by atoms with van der Waals surface area (Å²) in [5.41, 5.74) is 1.30. The van der Waals surface area contributed by atoms with Crippen molar-refractivity contribution >= 4 is 46.3 Å². The molecule has 7 nitrogen and oxygen atoms in total. The van der Waals surface area contributed by atoms with Gasteiger partial charge in [-0.15, -0.1) is 0 Å². The van der Waals surface area contributed by atoms with Crippen LogP contribution in [-0.2, 0) is 11.4 Å². The minimum Gasteiger partial charge on any atom is -0.487 e. The molecule has 0 saturated carbocycles. The molecular formula is C21H19ClN2O5S. The topological polar surface area (TPSA) is 89.8 Å². The second-order valence-electron chi connectivity index (χ2n) is 6.59. The van der Waals surface area contributed by atoms with Crippen LogP contribution < -0.4 is 4.74 Å². The number of halogens is 1. The molecule has 1 aliphatic heterocycles. The van der Waals surface area contributed by atoms with Gasteiger partial charge in [0.2, 0.25) is 0 Å². The number of non-ortho nitro benzene ring substituents is 1. The molecule has 1 aliphatic rings. The number of nitro benzene ring substituents is 1. The van der Waals surface area contributed by atoms with E-state index in [4.69, 9.17) is 16.3 Å². The lowest BCUT2D eigenvalue weighted by atomic mass is 10.2. The Morgan fingerprint density at radius 1 is 1.23 bits per heavy atom. The van der Waals surface area contributed by atoms with E-state index >= 15 is 0 Å². The van der Waals surface area contributed by atoms with E-state index in [9.17, 15) is 19.7 Å². The summed E-state index contributed by atoms with van der Waals surface area (Å²) in [6.45, 7) is 2.54. The van der Waals surface area contributed by atoms with Crippen LogP contribution in [0.15, 0.2) is 47.4 Å². The first-order valence-corrected chi connectivity index (χ1v) is 10.5. The minimum atomic E-state index is -0.463. The van der Waals surface area contributed by atoms with Gasteiger partial charge in [-0.25, -0.2) is 0 Å². The lowest BCUT2D eigenvalue weighted by molar-refractivity contribution is -0.384. The number of unbranched alkanes of at least 4 members (excludes halogenated alkanes) is 1. The fourth-order valence-electron chi connectivity index (χ4n) is 2.81. The molecule has 0 radical (unpaired) electrons. The number of carbonyl (C=O) groups is 2. The monoisotopic (exact) mass is 446 g/mol. The Kier molecular flexibility index (Phi) is 7.12. The molecule has 0 spiro atoms. The molecule has 2 aromatic carbocycles. The maximum Gasteiger partial charge on any atom is 0.293 e. The van der Waals surface area contributed by atoms with Gasteiger partial charge in [-0.3, -0.25) is 24.6 Å². The second-order valence-corrected chi connectivity index (χ2v) is 7.99. The number of hydrogen-bond donors (Lipinski definition) is 0. The number of ether oxygens (including phenoxy) is 1. The number of amides is 2. The van der Waals surface area contributed by atoms with Gasteiger partial charge in [-0.1, -0.05) is 43.1 Å². The fourth-order valence-corrected chi connectivity index (χ4v) is 3.91. The quantitative estimate of drug-likeness (QED) is 0.295. The summed E-state index contributed by atoms with van der Waals surface area (Å²) in [4.78, 5) is 36.5. The van der Waals surface area contributed by atoms with Crippen LogP contribution in [0.25, 0.3) is 6.08 Å². The van der Waals surface area contributed by atoms with Crippen molar-refractivity contribution in [2.75, 3.05) is 6.54 Å². The number of thioether (sulfide) groups is 1. The number of imide groups is 1. The Bertz CT molecular complexity index is 1020. The Balaban J connectivity index is 1.69. The summed E-state index contributed by atoms with van der Waals surface area (Å²) in [5, 5.41) is 10.9. The Labute approximate surface area is 182 Å². The van der Waals surface area contributed by atoms with Crippen LogP contribution in [0.2, 0.25) is 5.02 Å². The zero-order chi connectivity index (χ0) is 21.7. The van der Waals surface area contributed by atoms with E-state index in [1.54, 1.807) is 36.4 Å². The van der Waals surface area contributed by atoms with Gasteiger partial charge in [0.1, 0.15) is 12.4 Å². The second kappa shape index (κ2) is 9.77. The molecule has 0 aromatic heterocycles. The molecule has 3 rings (SSSR count). The number of hydrogen-bond acceptors (Lipinski definition) is 6. The van der Waals surface area contributed by atoms with Crippen LogP contribution in [0, 0.1) is 10.1 Å². The maximum absolute atomic E-state index is 12.4. The van der Waals surface area contributed by atoms with Crippen LogP contribution in [-0.4, -0.2) is 27.5 Å². The highest BCUT2D eigenvalue weighted by atomic mass is 35.5. The molecule has 30 heavy (non-hydrogen) atoms. The third-order valence-electron chi connectivity index (χ3n) is 4.38. The number of benzene rings is 2. The molecule has 0 unspecified atom stereocenters. The van der Waals surface area contributed by atoms with E-state index < -0.39 is 4.92 Å². The average molecular weight is 447 g/mol. The summed E-state index contributed by atoms with van der Waals surface area (Å²) in [7, 11) is 0. The lowest BCUT2D eigenvalue weighted by Gasteiger charge is -2.11. The summed E-state index contributed by atoms with van der Waals surface area (Å²) >= 11 is 7.21. The van der Waals surface area contributed by atoms with Crippen LogP contribution in [0.4, 0.5) is 10.5 Å². The third kappa shape index (κ3) is 5.20. The van der Waals surface area contributed by atoms with Gasteiger partial charge in [0.05, 0.1) is 14.9 Å². The highest BCUT2D eigenvalue weighted by molar-refractivity contribution is 8.18. The zero-order valence-corrected chi connectivity index (χ0v) is 17.7. The standard InChI is InChI=1S/C21H19ClN2O5S/c1-2-3-9-23-20(25)19(30-21(23)26)12-14-7-8-18(17(22)11-14)29-13-15-5-4-6-16(10-15)24(27)28/h4-8,10-12H,2-3,9,13H2,1H3. The highest BCUT2D eigenvalue weighted by Gasteiger charge is 2.34. The van der Waals surface area contributed by atoms with Gasteiger partial charge >= 0.3 is 0 Å². The van der Waals surface area contributed by atoms with Crippen LogP contribution in [0.5, 0.6) is 5.75 Å². The summed E-state index contributed by atoms with van der Waals surface area (Å²) in [5.74, 6) is 0.122. The number of carbonyl (C=O) groups excluding carboxylic acids is 2. The van der Waals surface area contributed by atoms with E-state index in [0.29, 0.717) is 33.3 Å². The van der Waals surface area contributed by atoms with E-state index in [-0.39, 0.29) is 23.4 Å². The van der Waals surface area contributed by atoms with Crippen molar-refractivity contribution in [3.05, 3.63) is 73.6 Å². The fraction of sp³-hybridized carbons (Fsp3) is 0.238. The highest BCUT2D eigenvalue weighted by Crippen LogP contribution is 2.34. The number of rotatable bonds is 8. The third-order valence-corrected chi connectivity index (χ3v) is 5.58. The van der Waals surface area contributed by atoms with Gasteiger partial charge in [0.25, 0.3) is 16.8 Å². The first-order chi connectivity index (χ1) is 14.4. The van der Waals surface area contributed by atoms with E-state index in [0.717, 1.165) is 24.6 Å². The first kappa shape index (κ1) is 21.9. The molecular weight excluding hydrogens is 428 g/mol. The molecule has 0 bridgehead atoms. The van der Waals surface area contributed by atoms with Crippen LogP contribution >= 0.6 is 23.4 Å². The summed E-state index contributed by atoms with van der Waals surface area (Å²) in [6.07, 6.45) is 3.30. The molecule has 0 aliphatic carbocycles. The van der Waals surface area contributed by atoms with Crippen molar-refractivity contribution in [2.24, 2.45) is 0 Å². The smallest absolute Gasteiger partial charge is 0.293 e. The Hall–Kier alpha value is -2.84. The molecule has 2 amide bonds. The van der Waals surface area contributed by atoms with E-state index in [1.807, 2.05) is 6.92 Å². The molecule has 1 fully saturated rings. The van der Waals surface area contributed by atoms with Crippen molar-refractivity contribution in [1.82, 2.24) is 4.90 Å². The van der Waals surface area contributed by atoms with Gasteiger partial charge in [-0.05, 0) is 47.5 Å². The predicted octanol–water partition coefficient (Wildman–Crippen LogP) is 5.66. The molecule has 1 heterocycles. The van der Waals surface area contributed by atoms with E-state index in [1.165, 1.54) is 17.0 Å².